The molecule has 2 heterocycles. The number of carbonyl (C=O) groups excluding carboxylic acids is 2. The van der Waals surface area contributed by atoms with Gasteiger partial charge in [-0.15, -0.1) is 0 Å². The summed E-state index contributed by atoms with van der Waals surface area (Å²) in [6.45, 7) is 3.42. The number of likely N-dealkylation sites (tertiary alicyclic amines) is 1. The van der Waals surface area contributed by atoms with E-state index in [2.05, 4.69) is 29.2 Å². The molecule has 2 aromatic rings. The Bertz CT molecular complexity index is 875. The summed E-state index contributed by atoms with van der Waals surface area (Å²) < 4.78 is 0. The van der Waals surface area contributed by atoms with Crippen molar-refractivity contribution in [3.8, 4) is 0 Å². The first-order chi connectivity index (χ1) is 15.1. The van der Waals surface area contributed by atoms with Crippen molar-refractivity contribution in [3.05, 3.63) is 65.7 Å². The lowest BCUT2D eigenvalue weighted by Crippen LogP contribution is -2.46. The number of benzene rings is 2. The summed E-state index contributed by atoms with van der Waals surface area (Å²) in [5, 5.41) is 0. The molecule has 31 heavy (non-hydrogen) atoms. The van der Waals surface area contributed by atoms with Gasteiger partial charge in [0.2, 0.25) is 11.8 Å². The lowest BCUT2D eigenvalue weighted by molar-refractivity contribution is -0.147. The molecule has 2 fully saturated rings. The fourth-order valence-electron chi connectivity index (χ4n) is 4.72. The molecule has 2 aliphatic rings. The number of anilines is 1. The number of carbonyl (C=O) groups is 2. The lowest BCUT2D eigenvalue weighted by Gasteiger charge is -2.36. The molecule has 2 aromatic carbocycles. The lowest BCUT2D eigenvalue weighted by atomic mass is 10.00. The molecule has 0 radical (unpaired) electrons. The van der Waals surface area contributed by atoms with Crippen LogP contribution in [0.2, 0.25) is 0 Å². The number of nitrogens with zero attached hydrogens (tertiary/aromatic N) is 3. The van der Waals surface area contributed by atoms with Crippen LogP contribution in [0.1, 0.15) is 55.7 Å². The topological polar surface area (TPSA) is 43.9 Å². The molecule has 0 aromatic heterocycles. The van der Waals surface area contributed by atoms with Crippen LogP contribution in [0.4, 0.5) is 5.69 Å². The van der Waals surface area contributed by atoms with E-state index in [0.29, 0.717) is 19.5 Å². The van der Waals surface area contributed by atoms with Gasteiger partial charge in [-0.1, -0.05) is 42.5 Å². The summed E-state index contributed by atoms with van der Waals surface area (Å²) in [4.78, 5) is 32.1. The Labute approximate surface area is 185 Å². The Hall–Kier alpha value is -2.82. The van der Waals surface area contributed by atoms with Crippen LogP contribution in [-0.4, -0.2) is 48.3 Å². The van der Waals surface area contributed by atoms with Gasteiger partial charge >= 0.3 is 0 Å². The molecule has 1 atom stereocenters. The summed E-state index contributed by atoms with van der Waals surface area (Å²) in [5.41, 5.74) is 3.25. The molecule has 164 valence electrons. The van der Waals surface area contributed by atoms with Gasteiger partial charge in [-0.2, -0.15) is 0 Å². The Morgan fingerprint density at radius 2 is 1.58 bits per heavy atom. The summed E-state index contributed by atoms with van der Waals surface area (Å²) in [6, 6.07) is 17.7. The maximum Gasteiger partial charge on any atom is 0.250 e. The van der Waals surface area contributed by atoms with Crippen molar-refractivity contribution in [2.24, 2.45) is 0 Å². The molecule has 2 saturated heterocycles. The van der Waals surface area contributed by atoms with Crippen LogP contribution < -0.4 is 4.90 Å². The minimum absolute atomic E-state index is 0.0263. The number of hydrogen-bond donors (Lipinski definition) is 0. The van der Waals surface area contributed by atoms with Crippen LogP contribution in [0.25, 0.3) is 0 Å². The number of rotatable bonds is 6. The average molecular weight is 420 g/mol. The summed E-state index contributed by atoms with van der Waals surface area (Å²) in [6.07, 6.45) is 6.22. The van der Waals surface area contributed by atoms with Gasteiger partial charge in [0.05, 0.1) is 0 Å². The second-order valence-electron chi connectivity index (χ2n) is 8.77. The third-order valence-electron chi connectivity index (χ3n) is 6.47. The van der Waals surface area contributed by atoms with Gasteiger partial charge in [-0.25, -0.2) is 0 Å². The highest BCUT2D eigenvalue weighted by Gasteiger charge is 2.34. The fraction of sp³-hybridized carbons (Fsp3) is 0.462. The van der Waals surface area contributed by atoms with Crippen LogP contribution in [0.3, 0.4) is 0 Å². The summed E-state index contributed by atoms with van der Waals surface area (Å²) in [5.74, 6) is 0.0503. The van der Waals surface area contributed by atoms with Gasteiger partial charge in [0.1, 0.15) is 6.04 Å². The average Bonchev–Trinajstić information content (AvgIpc) is 2.82. The molecule has 5 nitrogen and oxygen atoms in total. The molecule has 0 saturated carbocycles. The third-order valence-corrected chi connectivity index (χ3v) is 6.47. The SMILES string of the molecule is CN(Cc1ccc(N2CCCCC2)cc1)C(=O)C(c1ccccc1)N1CCCCC1=O. The Kier molecular flexibility index (Phi) is 6.90. The van der Waals surface area contributed by atoms with Crippen LogP contribution in [0, 0.1) is 0 Å². The van der Waals surface area contributed by atoms with Crippen molar-refractivity contribution in [1.82, 2.24) is 9.80 Å². The van der Waals surface area contributed by atoms with Crippen LogP contribution in [0.5, 0.6) is 0 Å². The Morgan fingerprint density at radius 3 is 2.26 bits per heavy atom. The largest absolute Gasteiger partial charge is 0.372 e. The van der Waals surface area contributed by atoms with Gasteiger partial charge in [-0.3, -0.25) is 9.59 Å². The van der Waals surface area contributed by atoms with E-state index in [9.17, 15) is 9.59 Å². The van der Waals surface area contributed by atoms with E-state index in [1.807, 2.05) is 37.4 Å². The van der Waals surface area contributed by atoms with E-state index < -0.39 is 6.04 Å². The zero-order valence-corrected chi connectivity index (χ0v) is 18.5. The minimum atomic E-state index is -0.549. The van der Waals surface area contributed by atoms with Gasteiger partial charge in [0, 0.05) is 45.3 Å². The molecular formula is C26H33N3O2. The first kappa shape index (κ1) is 21.4. The van der Waals surface area contributed by atoms with Crippen LogP contribution in [-0.2, 0) is 16.1 Å². The van der Waals surface area contributed by atoms with E-state index >= 15 is 0 Å². The fourth-order valence-corrected chi connectivity index (χ4v) is 4.72. The molecule has 5 heteroatoms. The van der Waals surface area contributed by atoms with Gasteiger partial charge in [0.25, 0.3) is 0 Å². The number of piperidine rings is 2. The molecule has 2 amide bonds. The molecule has 0 aliphatic carbocycles. The second-order valence-corrected chi connectivity index (χ2v) is 8.77. The van der Waals surface area contributed by atoms with E-state index in [1.165, 1.54) is 24.9 Å². The van der Waals surface area contributed by atoms with Crippen molar-refractivity contribution >= 4 is 17.5 Å². The molecular weight excluding hydrogens is 386 g/mol. The predicted molar refractivity (Wildman–Crippen MR) is 124 cm³/mol. The first-order valence-corrected chi connectivity index (χ1v) is 11.6. The minimum Gasteiger partial charge on any atom is -0.372 e. The van der Waals surface area contributed by atoms with Crippen molar-refractivity contribution < 1.29 is 9.59 Å². The van der Waals surface area contributed by atoms with Gasteiger partial charge < -0.3 is 14.7 Å². The molecule has 0 N–H and O–H groups in total. The first-order valence-electron chi connectivity index (χ1n) is 11.6. The van der Waals surface area contributed by atoms with Crippen molar-refractivity contribution in [3.63, 3.8) is 0 Å². The van der Waals surface area contributed by atoms with Crippen molar-refractivity contribution in [2.75, 3.05) is 31.6 Å². The summed E-state index contributed by atoms with van der Waals surface area (Å²) in [7, 11) is 1.84. The maximum absolute atomic E-state index is 13.5. The predicted octanol–water partition coefficient (Wildman–Crippen LogP) is 4.39. The maximum atomic E-state index is 13.5. The van der Waals surface area contributed by atoms with Gasteiger partial charge in [0.15, 0.2) is 0 Å². The highest BCUT2D eigenvalue weighted by molar-refractivity contribution is 5.89. The number of amides is 2. The van der Waals surface area contributed by atoms with Gasteiger partial charge in [-0.05, 0) is 55.4 Å². The van der Waals surface area contributed by atoms with Crippen molar-refractivity contribution in [2.45, 2.75) is 51.1 Å². The number of hydrogen-bond acceptors (Lipinski definition) is 3. The van der Waals surface area contributed by atoms with E-state index in [0.717, 1.165) is 37.1 Å². The van der Waals surface area contributed by atoms with Crippen LogP contribution >= 0.6 is 0 Å². The Morgan fingerprint density at radius 1 is 0.903 bits per heavy atom. The molecule has 0 spiro atoms. The van der Waals surface area contributed by atoms with E-state index in [4.69, 9.17) is 0 Å². The number of likely N-dealkylation sites (N-methyl/N-ethyl adjacent to an activating group) is 1. The van der Waals surface area contributed by atoms with Crippen LogP contribution in [0.15, 0.2) is 54.6 Å². The standard InChI is InChI=1S/C26H33N3O2/c1-27(20-21-13-15-23(16-14-21)28-17-7-3-8-18-28)26(31)25(22-10-4-2-5-11-22)29-19-9-6-12-24(29)30/h2,4-5,10-11,13-16,25H,3,6-9,12,17-20H2,1H3. The monoisotopic (exact) mass is 419 g/mol. The Balaban J connectivity index is 1.48. The zero-order chi connectivity index (χ0) is 21.6. The van der Waals surface area contributed by atoms with E-state index in [-0.39, 0.29) is 11.8 Å². The molecule has 2 aliphatic heterocycles. The highest BCUT2D eigenvalue weighted by atomic mass is 16.2. The smallest absolute Gasteiger partial charge is 0.250 e. The molecule has 0 bridgehead atoms. The second kappa shape index (κ2) is 9.99. The summed E-state index contributed by atoms with van der Waals surface area (Å²) >= 11 is 0. The normalized spacial score (nSPS) is 18.0. The van der Waals surface area contributed by atoms with E-state index in [1.54, 1.807) is 9.80 Å². The molecule has 1 unspecified atom stereocenters. The highest BCUT2D eigenvalue weighted by Crippen LogP contribution is 2.28. The van der Waals surface area contributed by atoms with Crippen molar-refractivity contribution in [1.29, 1.82) is 0 Å². The third kappa shape index (κ3) is 5.09. The molecule has 4 rings (SSSR count). The zero-order valence-electron chi connectivity index (χ0n) is 18.5. The quantitative estimate of drug-likeness (QED) is 0.698.